The van der Waals surface area contributed by atoms with Gasteiger partial charge in [-0.3, -0.25) is 4.79 Å². The first-order chi connectivity index (χ1) is 8.15. The molecule has 0 bridgehead atoms. The molecule has 0 aliphatic carbocycles. The van der Waals surface area contributed by atoms with Crippen LogP contribution in [0.1, 0.15) is 33.1 Å². The average Bonchev–Trinajstić information content (AvgIpc) is 2.30. The second kappa shape index (κ2) is 7.29. The van der Waals surface area contributed by atoms with Crippen LogP contribution in [0.4, 0.5) is 0 Å². The molecule has 1 aliphatic heterocycles. The van der Waals surface area contributed by atoms with Crippen LogP contribution in [0.3, 0.4) is 0 Å². The Kier molecular flexibility index (Phi) is 5.99. The van der Waals surface area contributed by atoms with Gasteiger partial charge < -0.3 is 10.1 Å². The molecule has 1 heterocycles. The number of ether oxygens (including phenoxy) is 1. The second-order valence-electron chi connectivity index (χ2n) is 4.99. The van der Waals surface area contributed by atoms with Gasteiger partial charge in [0.1, 0.15) is 5.92 Å². The Bertz CT molecular complexity index is 278. The van der Waals surface area contributed by atoms with Gasteiger partial charge in [0.2, 0.25) is 5.91 Å². The van der Waals surface area contributed by atoms with Crippen LogP contribution in [0.2, 0.25) is 0 Å². The van der Waals surface area contributed by atoms with Crippen molar-refractivity contribution in [2.45, 2.75) is 33.1 Å². The van der Waals surface area contributed by atoms with Gasteiger partial charge >= 0.3 is 0 Å². The summed E-state index contributed by atoms with van der Waals surface area (Å²) in [5.74, 6) is 0.0750. The van der Waals surface area contributed by atoms with Crippen LogP contribution in [-0.2, 0) is 9.53 Å². The Morgan fingerprint density at radius 3 is 2.65 bits per heavy atom. The normalized spacial score (nSPS) is 18.7. The molecule has 1 aliphatic rings. The molecule has 4 nitrogen and oxygen atoms in total. The van der Waals surface area contributed by atoms with Gasteiger partial charge in [-0.25, -0.2) is 0 Å². The lowest BCUT2D eigenvalue weighted by molar-refractivity contribution is -0.124. The zero-order valence-electron chi connectivity index (χ0n) is 10.7. The summed E-state index contributed by atoms with van der Waals surface area (Å²) in [7, 11) is 0. The molecule has 1 atom stereocenters. The van der Waals surface area contributed by atoms with Crippen molar-refractivity contribution in [3.05, 3.63) is 0 Å². The van der Waals surface area contributed by atoms with Gasteiger partial charge in [0.05, 0.1) is 6.07 Å². The van der Waals surface area contributed by atoms with Gasteiger partial charge in [-0.2, -0.15) is 5.26 Å². The van der Waals surface area contributed by atoms with E-state index in [1.165, 1.54) is 0 Å². The zero-order chi connectivity index (χ0) is 12.7. The topological polar surface area (TPSA) is 62.1 Å². The first-order valence-electron chi connectivity index (χ1n) is 6.40. The van der Waals surface area contributed by atoms with Crippen LogP contribution < -0.4 is 5.32 Å². The fourth-order valence-electron chi connectivity index (χ4n) is 2.05. The van der Waals surface area contributed by atoms with Crippen LogP contribution in [0.5, 0.6) is 0 Å². The maximum absolute atomic E-state index is 11.7. The van der Waals surface area contributed by atoms with E-state index >= 15 is 0 Å². The van der Waals surface area contributed by atoms with E-state index < -0.39 is 5.92 Å². The minimum Gasteiger partial charge on any atom is -0.381 e. The van der Waals surface area contributed by atoms with Gasteiger partial charge in [0.25, 0.3) is 0 Å². The van der Waals surface area contributed by atoms with E-state index in [0.29, 0.717) is 12.5 Å². The lowest BCUT2D eigenvalue weighted by atomic mass is 9.95. The van der Waals surface area contributed by atoms with Crippen molar-refractivity contribution in [3.63, 3.8) is 0 Å². The lowest BCUT2D eigenvalue weighted by Crippen LogP contribution is -2.34. The third-order valence-corrected chi connectivity index (χ3v) is 3.28. The van der Waals surface area contributed by atoms with Crippen LogP contribution >= 0.6 is 0 Å². The Morgan fingerprint density at radius 2 is 2.12 bits per heavy atom. The molecule has 1 fully saturated rings. The van der Waals surface area contributed by atoms with E-state index in [9.17, 15) is 4.79 Å². The molecule has 4 heteroatoms. The first-order valence-corrected chi connectivity index (χ1v) is 6.40. The summed E-state index contributed by atoms with van der Waals surface area (Å²) in [6.45, 7) is 6.14. The predicted molar refractivity (Wildman–Crippen MR) is 65.1 cm³/mol. The minimum atomic E-state index is -0.523. The fraction of sp³-hybridized carbons (Fsp3) is 0.846. The molecule has 0 aromatic carbocycles. The molecule has 0 radical (unpaired) electrons. The number of nitriles is 1. The smallest absolute Gasteiger partial charge is 0.237 e. The van der Waals surface area contributed by atoms with Gasteiger partial charge in [-0.15, -0.1) is 0 Å². The zero-order valence-corrected chi connectivity index (χ0v) is 10.7. The monoisotopic (exact) mass is 238 g/mol. The maximum Gasteiger partial charge on any atom is 0.237 e. The van der Waals surface area contributed by atoms with Crippen molar-refractivity contribution in [1.82, 2.24) is 5.32 Å². The van der Waals surface area contributed by atoms with Gasteiger partial charge in [-0.1, -0.05) is 13.8 Å². The highest BCUT2D eigenvalue weighted by Gasteiger charge is 2.21. The highest BCUT2D eigenvalue weighted by molar-refractivity contribution is 5.81. The van der Waals surface area contributed by atoms with Crippen molar-refractivity contribution in [2.75, 3.05) is 19.8 Å². The summed E-state index contributed by atoms with van der Waals surface area (Å²) in [4.78, 5) is 11.7. The molecule has 1 unspecified atom stereocenters. The number of amides is 1. The van der Waals surface area contributed by atoms with E-state index in [2.05, 4.69) is 11.4 Å². The molecule has 1 amide bonds. The molecule has 0 spiro atoms. The average molecular weight is 238 g/mol. The largest absolute Gasteiger partial charge is 0.381 e. The predicted octanol–water partition coefficient (Wildman–Crippen LogP) is 1.72. The molecule has 17 heavy (non-hydrogen) atoms. The van der Waals surface area contributed by atoms with E-state index in [1.807, 2.05) is 13.8 Å². The number of hydrogen-bond acceptors (Lipinski definition) is 3. The molecule has 96 valence electrons. The van der Waals surface area contributed by atoms with Crippen molar-refractivity contribution < 1.29 is 9.53 Å². The van der Waals surface area contributed by atoms with E-state index in [0.717, 1.165) is 32.5 Å². The highest BCUT2D eigenvalue weighted by Crippen LogP contribution is 2.17. The summed E-state index contributed by atoms with van der Waals surface area (Å²) in [5, 5.41) is 11.7. The van der Waals surface area contributed by atoms with Crippen LogP contribution in [-0.4, -0.2) is 25.7 Å². The number of carbonyl (C=O) groups is 1. The standard InChI is InChI=1S/C13H22N2O2/c1-10(2)12(9-14)13(16)15-6-3-11-4-7-17-8-5-11/h10-12H,3-8H2,1-2H3,(H,15,16). The van der Waals surface area contributed by atoms with E-state index in [1.54, 1.807) is 0 Å². The number of rotatable bonds is 5. The third kappa shape index (κ3) is 4.74. The summed E-state index contributed by atoms with van der Waals surface area (Å²) in [6, 6.07) is 2.06. The summed E-state index contributed by atoms with van der Waals surface area (Å²) in [5.41, 5.74) is 0. The number of nitrogens with one attached hydrogen (secondary N) is 1. The van der Waals surface area contributed by atoms with Gasteiger partial charge in [0, 0.05) is 19.8 Å². The second-order valence-corrected chi connectivity index (χ2v) is 4.99. The van der Waals surface area contributed by atoms with Crippen LogP contribution in [0, 0.1) is 29.1 Å². The summed E-state index contributed by atoms with van der Waals surface area (Å²) >= 11 is 0. The fourth-order valence-corrected chi connectivity index (χ4v) is 2.05. The van der Waals surface area contributed by atoms with Crippen molar-refractivity contribution in [2.24, 2.45) is 17.8 Å². The Balaban J connectivity index is 2.21. The Hall–Kier alpha value is -1.08. The van der Waals surface area contributed by atoms with Crippen molar-refractivity contribution >= 4 is 5.91 Å². The van der Waals surface area contributed by atoms with Gasteiger partial charge in [0.15, 0.2) is 0 Å². The van der Waals surface area contributed by atoms with Crippen LogP contribution in [0.25, 0.3) is 0 Å². The quantitative estimate of drug-likeness (QED) is 0.793. The van der Waals surface area contributed by atoms with Gasteiger partial charge in [-0.05, 0) is 31.1 Å². The minimum absolute atomic E-state index is 0.0723. The molecule has 1 N–H and O–H groups in total. The number of carbonyl (C=O) groups excluding carboxylic acids is 1. The molecule has 1 rings (SSSR count). The lowest BCUT2D eigenvalue weighted by Gasteiger charge is -2.22. The summed E-state index contributed by atoms with van der Waals surface area (Å²) < 4.78 is 5.28. The molecular weight excluding hydrogens is 216 g/mol. The summed E-state index contributed by atoms with van der Waals surface area (Å²) in [6.07, 6.45) is 3.16. The maximum atomic E-state index is 11.7. The van der Waals surface area contributed by atoms with Crippen molar-refractivity contribution in [1.29, 1.82) is 5.26 Å². The Labute approximate surface area is 103 Å². The molecular formula is C13H22N2O2. The molecule has 0 aromatic heterocycles. The van der Waals surface area contributed by atoms with Crippen molar-refractivity contribution in [3.8, 4) is 6.07 Å². The molecule has 0 aromatic rings. The molecule has 1 saturated heterocycles. The SMILES string of the molecule is CC(C)C(C#N)C(=O)NCCC1CCOCC1. The molecule has 0 saturated carbocycles. The van der Waals surface area contributed by atoms with E-state index in [4.69, 9.17) is 10.00 Å². The third-order valence-electron chi connectivity index (χ3n) is 3.28. The van der Waals surface area contributed by atoms with Crippen LogP contribution in [0.15, 0.2) is 0 Å². The Morgan fingerprint density at radius 1 is 1.47 bits per heavy atom. The highest BCUT2D eigenvalue weighted by atomic mass is 16.5. The number of hydrogen-bond donors (Lipinski definition) is 1. The first kappa shape index (κ1) is 14.0. The van der Waals surface area contributed by atoms with E-state index in [-0.39, 0.29) is 11.8 Å². The number of nitrogens with zero attached hydrogens (tertiary/aromatic N) is 1.